The normalized spacial score (nSPS) is 15.5. The number of guanidine groups is 1. The summed E-state index contributed by atoms with van der Waals surface area (Å²) in [5, 5.41) is 40.6. The number of alkyl halides is 3. The van der Waals surface area contributed by atoms with Crippen molar-refractivity contribution in [3.8, 4) is 5.75 Å². The molecule has 0 aliphatic carbocycles. The molecule has 0 saturated carbocycles. The lowest BCUT2D eigenvalue weighted by molar-refractivity contribution is -0.167. The van der Waals surface area contributed by atoms with Crippen molar-refractivity contribution in [2.24, 2.45) is 4.99 Å². The Labute approximate surface area is 245 Å². The van der Waals surface area contributed by atoms with Gasteiger partial charge in [0.1, 0.15) is 5.75 Å². The number of nitrogens with one attached hydrogen (secondary N) is 5. The molecule has 1 aliphatic heterocycles. The number of phenols is 1. The fourth-order valence-corrected chi connectivity index (χ4v) is 4.14. The van der Waals surface area contributed by atoms with Gasteiger partial charge in [-0.1, -0.05) is 23.2 Å². The first kappa shape index (κ1) is 32.2. The molecule has 2 aromatic rings. The third kappa shape index (κ3) is 9.12. The summed E-state index contributed by atoms with van der Waals surface area (Å²) >= 11 is 11.8. The minimum Gasteiger partial charge on any atom is -0.506 e. The number of phenolic OH excluding ortho intramolecular Hbond substituents is 1. The summed E-state index contributed by atoms with van der Waals surface area (Å²) in [5.41, 5.74) is -0.751. The first-order valence-corrected chi connectivity index (χ1v) is 12.6. The maximum atomic E-state index is 12.8. The average molecular weight is 635 g/mol. The van der Waals surface area contributed by atoms with Gasteiger partial charge < -0.3 is 41.9 Å². The van der Waals surface area contributed by atoms with Gasteiger partial charge in [0.2, 0.25) is 5.91 Å². The third-order valence-electron chi connectivity index (χ3n) is 5.50. The summed E-state index contributed by atoms with van der Waals surface area (Å²) in [5.74, 6) is -5.86. The van der Waals surface area contributed by atoms with Crippen LogP contribution in [0.25, 0.3) is 0 Å². The van der Waals surface area contributed by atoms with E-state index < -0.39 is 66.4 Å². The number of carbonyl (C=O) groups excluding carboxylic acids is 3. The predicted molar refractivity (Wildman–Crippen MR) is 145 cm³/mol. The van der Waals surface area contributed by atoms with Gasteiger partial charge in [-0.2, -0.15) is 13.2 Å². The molecule has 0 bridgehead atoms. The van der Waals surface area contributed by atoms with Crippen LogP contribution in [0.3, 0.4) is 0 Å². The highest BCUT2D eigenvalue weighted by molar-refractivity contribution is 6.35. The number of aromatic hydroxyl groups is 1. The van der Waals surface area contributed by atoms with Crippen LogP contribution in [0.4, 0.5) is 24.5 Å². The van der Waals surface area contributed by atoms with Gasteiger partial charge in [0, 0.05) is 34.1 Å². The van der Waals surface area contributed by atoms with Crippen LogP contribution in [0.15, 0.2) is 35.3 Å². The summed E-state index contributed by atoms with van der Waals surface area (Å²) in [6, 6.07) is 4.34. The van der Waals surface area contributed by atoms with Gasteiger partial charge >= 0.3 is 18.1 Å². The van der Waals surface area contributed by atoms with Crippen LogP contribution in [0.2, 0.25) is 10.0 Å². The molecule has 1 heterocycles. The minimum absolute atomic E-state index is 0.0297. The second-order valence-corrected chi connectivity index (χ2v) is 9.67. The monoisotopic (exact) mass is 634 g/mol. The van der Waals surface area contributed by atoms with E-state index >= 15 is 0 Å². The number of hydrogen-bond donors (Lipinski definition) is 8. The zero-order chi connectivity index (χ0) is 31.2. The molecule has 1 aliphatic rings. The number of benzene rings is 2. The average Bonchev–Trinajstić information content (AvgIpc) is 2.89. The van der Waals surface area contributed by atoms with E-state index in [1.54, 1.807) is 5.32 Å². The van der Waals surface area contributed by atoms with Crippen molar-refractivity contribution >= 4 is 64.2 Å². The van der Waals surface area contributed by atoms with Gasteiger partial charge in [0.25, 0.3) is 5.91 Å². The Hall–Kier alpha value is -4.28. The SMILES string of the molecule is O=C(O)C[C@@H](NC(=O)CNC(=O)c1cc(NC(=O)C(F)(F)F)cc(NC2=NCC(O)CN2)c1)c1cc(Cl)cc(Cl)c1O. The van der Waals surface area contributed by atoms with Crippen molar-refractivity contribution in [3.63, 3.8) is 0 Å². The number of β-amino-alcohol motifs (C(OH)–C–C–N with tert-alkyl or cyclic N) is 1. The highest BCUT2D eigenvalue weighted by Crippen LogP contribution is 2.36. The number of halogens is 5. The van der Waals surface area contributed by atoms with Crippen molar-refractivity contribution in [2.45, 2.75) is 24.7 Å². The van der Waals surface area contributed by atoms with E-state index in [-0.39, 0.29) is 45.9 Å². The highest BCUT2D eigenvalue weighted by Gasteiger charge is 2.38. The number of aliphatic hydroxyl groups is 1. The lowest BCUT2D eigenvalue weighted by atomic mass is 10.0. The quantitative estimate of drug-likeness (QED) is 0.203. The molecule has 3 rings (SSSR count). The third-order valence-corrected chi connectivity index (χ3v) is 6.00. The van der Waals surface area contributed by atoms with Crippen LogP contribution in [-0.2, 0) is 14.4 Å². The summed E-state index contributed by atoms with van der Waals surface area (Å²) in [6.07, 6.45) is -6.66. The van der Waals surface area contributed by atoms with E-state index in [4.69, 9.17) is 23.2 Å². The molecule has 0 saturated heterocycles. The van der Waals surface area contributed by atoms with Crippen LogP contribution in [-0.4, -0.2) is 76.9 Å². The summed E-state index contributed by atoms with van der Waals surface area (Å²) < 4.78 is 38.5. The van der Waals surface area contributed by atoms with Gasteiger partial charge in [-0.05, 0) is 30.3 Å². The van der Waals surface area contributed by atoms with E-state index in [0.29, 0.717) is 0 Å². The first-order chi connectivity index (χ1) is 19.6. The number of amides is 3. The number of aliphatic hydroxyl groups excluding tert-OH is 1. The molecular formula is C24H23Cl2F3N6O7. The zero-order valence-electron chi connectivity index (χ0n) is 21.2. The van der Waals surface area contributed by atoms with Crippen LogP contribution >= 0.6 is 23.2 Å². The molecule has 13 nitrogen and oxygen atoms in total. The van der Waals surface area contributed by atoms with Gasteiger partial charge in [0.05, 0.1) is 36.7 Å². The van der Waals surface area contributed by atoms with Crippen LogP contribution in [0, 0.1) is 0 Å². The van der Waals surface area contributed by atoms with Crippen molar-refractivity contribution in [1.29, 1.82) is 0 Å². The Kier molecular flexibility index (Phi) is 10.4. The summed E-state index contributed by atoms with van der Waals surface area (Å²) in [6.45, 7) is -0.566. The molecule has 0 spiro atoms. The van der Waals surface area contributed by atoms with Crippen LogP contribution < -0.4 is 26.6 Å². The van der Waals surface area contributed by atoms with E-state index in [1.165, 1.54) is 18.2 Å². The molecule has 2 atom stereocenters. The molecule has 0 fully saturated rings. The molecule has 18 heteroatoms. The molecule has 8 N–H and O–H groups in total. The molecule has 0 radical (unpaired) electrons. The Bertz CT molecular complexity index is 1420. The van der Waals surface area contributed by atoms with Crippen LogP contribution in [0.1, 0.15) is 28.4 Å². The summed E-state index contributed by atoms with van der Waals surface area (Å²) in [7, 11) is 0. The van der Waals surface area contributed by atoms with Crippen molar-refractivity contribution in [3.05, 3.63) is 51.5 Å². The maximum Gasteiger partial charge on any atom is 0.471 e. The first-order valence-electron chi connectivity index (χ1n) is 11.9. The van der Waals surface area contributed by atoms with Gasteiger partial charge in [-0.25, -0.2) is 0 Å². The molecule has 1 unspecified atom stereocenters. The van der Waals surface area contributed by atoms with Crippen molar-refractivity contribution in [1.82, 2.24) is 16.0 Å². The number of nitrogens with zero attached hydrogens (tertiary/aromatic N) is 1. The number of carboxylic acid groups (broad SMARTS) is 1. The van der Waals surface area contributed by atoms with E-state index in [9.17, 15) is 47.7 Å². The van der Waals surface area contributed by atoms with Crippen LogP contribution in [0.5, 0.6) is 5.75 Å². The number of aliphatic imine (C=N–C) groups is 1. The predicted octanol–water partition coefficient (Wildman–Crippen LogP) is 1.99. The number of anilines is 2. The number of rotatable bonds is 9. The Balaban J connectivity index is 1.77. The lowest BCUT2D eigenvalue weighted by Gasteiger charge is -2.21. The fraction of sp³-hybridized carbons (Fsp3) is 0.292. The smallest absolute Gasteiger partial charge is 0.471 e. The Morgan fingerprint density at radius 3 is 2.40 bits per heavy atom. The maximum absolute atomic E-state index is 12.8. The van der Waals surface area contributed by atoms with Crippen molar-refractivity contribution < 1.29 is 47.7 Å². The molecule has 2 aromatic carbocycles. The van der Waals surface area contributed by atoms with Gasteiger partial charge in [-0.3, -0.25) is 24.2 Å². The second-order valence-electron chi connectivity index (χ2n) is 8.83. The number of carboxylic acids is 1. The molecule has 3 amide bonds. The lowest BCUT2D eigenvalue weighted by Crippen LogP contribution is -2.42. The fourth-order valence-electron chi connectivity index (χ4n) is 3.63. The second kappa shape index (κ2) is 13.6. The standard InChI is InChI=1S/C24H23Cl2F3N6O7/c25-11-3-15(20(40)16(26)4-11)17(6-19(38)39)35-18(37)9-30-21(41)10-1-12(33-22(42)24(27,28)29)5-13(2-10)34-23-31-7-14(36)8-32-23/h1-5,14,17,36,40H,6-9H2,(H,30,41)(H,33,42)(H,35,37)(H,38,39)(H2,31,32,34)/t17-/m1/s1. The Morgan fingerprint density at radius 2 is 1.79 bits per heavy atom. The van der Waals surface area contributed by atoms with Crippen molar-refractivity contribution in [2.75, 3.05) is 30.3 Å². The molecule has 42 heavy (non-hydrogen) atoms. The molecule has 226 valence electrons. The minimum atomic E-state index is -5.22. The molecular weight excluding hydrogens is 612 g/mol. The molecule has 0 aromatic heterocycles. The van der Waals surface area contributed by atoms with E-state index in [2.05, 4.69) is 26.3 Å². The largest absolute Gasteiger partial charge is 0.506 e. The van der Waals surface area contributed by atoms with Gasteiger partial charge in [0.15, 0.2) is 5.96 Å². The topological polar surface area (TPSA) is 201 Å². The zero-order valence-corrected chi connectivity index (χ0v) is 22.7. The van der Waals surface area contributed by atoms with Gasteiger partial charge in [-0.15, -0.1) is 0 Å². The number of carbonyl (C=O) groups is 4. The number of hydrogen-bond acceptors (Lipinski definition) is 9. The van der Waals surface area contributed by atoms with E-state index in [1.807, 2.05) is 0 Å². The Morgan fingerprint density at radius 1 is 1.10 bits per heavy atom. The highest BCUT2D eigenvalue weighted by atomic mass is 35.5. The van der Waals surface area contributed by atoms with E-state index in [0.717, 1.165) is 12.1 Å². The number of aliphatic carboxylic acids is 1. The summed E-state index contributed by atoms with van der Waals surface area (Å²) in [4.78, 5) is 52.3.